The van der Waals surface area contributed by atoms with Crippen LogP contribution >= 0.6 is 11.3 Å². The maximum Gasteiger partial charge on any atom is 0.418 e. The van der Waals surface area contributed by atoms with Crippen LogP contribution in [0.1, 0.15) is 56.2 Å². The van der Waals surface area contributed by atoms with E-state index in [4.69, 9.17) is 0 Å². The molecule has 2 atom stereocenters. The molecule has 0 saturated carbocycles. The molecule has 38 heavy (non-hydrogen) atoms. The molecule has 1 aliphatic rings. The first kappa shape index (κ1) is 27.2. The summed E-state index contributed by atoms with van der Waals surface area (Å²) in [5.74, 6) is -2.68. The largest absolute Gasteiger partial charge is 0.418 e. The van der Waals surface area contributed by atoms with Crippen LogP contribution in [0.3, 0.4) is 0 Å². The third kappa shape index (κ3) is 5.98. The quantitative estimate of drug-likeness (QED) is 0.460. The first-order chi connectivity index (χ1) is 17.9. The summed E-state index contributed by atoms with van der Waals surface area (Å²) >= 11 is 1.03. The molecule has 200 valence electrons. The second kappa shape index (κ2) is 10.9. The molecule has 4 rings (SSSR count). The molecule has 1 aliphatic heterocycles. The first-order valence-corrected chi connectivity index (χ1v) is 12.4. The van der Waals surface area contributed by atoms with Crippen molar-refractivity contribution in [1.82, 2.24) is 20.2 Å². The van der Waals surface area contributed by atoms with Crippen molar-refractivity contribution >= 4 is 34.2 Å². The van der Waals surface area contributed by atoms with Crippen molar-refractivity contribution in [3.63, 3.8) is 0 Å². The smallest absolute Gasteiger partial charge is 0.347 e. The lowest BCUT2D eigenvalue weighted by molar-refractivity contribution is -0.138. The highest BCUT2D eigenvalue weighted by molar-refractivity contribution is 7.17. The number of carbonyl (C=O) groups excluding carboxylic acids is 3. The summed E-state index contributed by atoms with van der Waals surface area (Å²) in [6.07, 6.45) is -3.44. The number of carbonyl (C=O) groups is 3. The molecule has 1 fully saturated rings. The Morgan fingerprint density at radius 2 is 1.84 bits per heavy atom. The zero-order chi connectivity index (χ0) is 27.6. The van der Waals surface area contributed by atoms with Gasteiger partial charge in [-0.25, -0.2) is 9.37 Å². The molecule has 2 N–H and O–H groups in total. The van der Waals surface area contributed by atoms with E-state index in [9.17, 15) is 31.9 Å². The van der Waals surface area contributed by atoms with Crippen molar-refractivity contribution in [1.29, 1.82) is 0 Å². The number of nitrogens with one attached hydrogen (secondary N) is 2. The van der Waals surface area contributed by atoms with Crippen LogP contribution < -0.4 is 10.6 Å². The molecule has 3 amide bonds. The second-order valence-electron chi connectivity index (χ2n) is 8.79. The Morgan fingerprint density at radius 3 is 2.50 bits per heavy atom. The standard InChI is InChI=1S/C25H23F4N5O3S/c1-13-21(38-24(31-13)32-14(2)35)23(37)34-11-9-19(17(12-34)15-5-7-16(26)8-6-15)33-22(36)20-18(25(27,28)29)4-3-10-30-20/h3-8,10,17,19H,9,11-12H2,1-2H3,(H,33,36)(H,31,32,35)/t17-,19-/m1/s1. The molecule has 3 aromatic rings. The number of likely N-dealkylation sites (tertiary alicyclic amines) is 1. The van der Waals surface area contributed by atoms with Crippen LogP contribution in [-0.2, 0) is 11.0 Å². The Hall–Kier alpha value is -3.87. The van der Waals surface area contributed by atoms with Crippen molar-refractivity contribution in [3.05, 3.63) is 75.8 Å². The Kier molecular flexibility index (Phi) is 7.76. The third-order valence-electron chi connectivity index (χ3n) is 6.12. The van der Waals surface area contributed by atoms with Crippen LogP contribution in [0.4, 0.5) is 22.7 Å². The fourth-order valence-electron chi connectivity index (χ4n) is 4.35. The Balaban J connectivity index is 1.59. The molecule has 8 nitrogen and oxygen atoms in total. The molecule has 3 heterocycles. The topological polar surface area (TPSA) is 104 Å². The number of piperidine rings is 1. The Bertz CT molecular complexity index is 1360. The van der Waals surface area contributed by atoms with Crippen molar-refractivity contribution in [2.24, 2.45) is 0 Å². The van der Waals surface area contributed by atoms with Gasteiger partial charge in [0, 0.05) is 38.2 Å². The van der Waals surface area contributed by atoms with E-state index in [0.29, 0.717) is 16.1 Å². The van der Waals surface area contributed by atoms with Gasteiger partial charge >= 0.3 is 6.18 Å². The summed E-state index contributed by atoms with van der Waals surface area (Å²) in [7, 11) is 0. The summed E-state index contributed by atoms with van der Waals surface area (Å²) in [6.45, 7) is 3.27. The van der Waals surface area contributed by atoms with E-state index in [1.54, 1.807) is 11.8 Å². The van der Waals surface area contributed by atoms with Crippen LogP contribution in [0.25, 0.3) is 0 Å². The van der Waals surface area contributed by atoms with E-state index in [1.165, 1.54) is 31.2 Å². The zero-order valence-electron chi connectivity index (χ0n) is 20.3. The van der Waals surface area contributed by atoms with Gasteiger partial charge in [0.1, 0.15) is 16.4 Å². The highest BCUT2D eigenvalue weighted by Crippen LogP contribution is 2.33. The number of halogens is 4. The number of pyridine rings is 1. The van der Waals surface area contributed by atoms with E-state index in [1.807, 2.05) is 0 Å². The summed E-state index contributed by atoms with van der Waals surface area (Å²) in [5.41, 5.74) is -0.861. The molecule has 2 aromatic heterocycles. The van der Waals surface area contributed by atoms with Gasteiger partial charge in [0.05, 0.1) is 11.3 Å². The number of hydrogen-bond acceptors (Lipinski definition) is 6. The monoisotopic (exact) mass is 549 g/mol. The Morgan fingerprint density at radius 1 is 1.13 bits per heavy atom. The molecule has 13 heteroatoms. The zero-order valence-corrected chi connectivity index (χ0v) is 21.1. The van der Waals surface area contributed by atoms with Gasteiger partial charge in [-0.15, -0.1) is 0 Å². The van der Waals surface area contributed by atoms with Crippen molar-refractivity contribution in [3.8, 4) is 0 Å². The van der Waals surface area contributed by atoms with Gasteiger partial charge in [0.25, 0.3) is 11.8 Å². The number of hydrogen-bond donors (Lipinski definition) is 2. The van der Waals surface area contributed by atoms with Crippen LogP contribution in [0, 0.1) is 12.7 Å². The van der Waals surface area contributed by atoms with Gasteiger partial charge in [-0.1, -0.05) is 23.5 Å². The van der Waals surface area contributed by atoms with Gasteiger partial charge in [0.15, 0.2) is 5.13 Å². The number of thiazole rings is 1. The van der Waals surface area contributed by atoms with Crippen LogP contribution in [0.5, 0.6) is 0 Å². The lowest BCUT2D eigenvalue weighted by Gasteiger charge is -2.39. The fourth-order valence-corrected chi connectivity index (χ4v) is 5.33. The number of anilines is 1. The maximum atomic E-state index is 13.6. The van der Waals surface area contributed by atoms with E-state index in [-0.39, 0.29) is 36.5 Å². The number of aryl methyl sites for hydroxylation is 1. The molecular weight excluding hydrogens is 526 g/mol. The van der Waals surface area contributed by atoms with Gasteiger partial charge in [0.2, 0.25) is 5.91 Å². The number of aromatic nitrogens is 2. The molecule has 0 radical (unpaired) electrons. The summed E-state index contributed by atoms with van der Waals surface area (Å²) in [5, 5.41) is 5.49. The fraction of sp³-hybridized carbons (Fsp3) is 0.320. The SMILES string of the molecule is CC(=O)Nc1nc(C)c(C(=O)N2CC[C@@H](NC(=O)c3ncccc3C(F)(F)F)[C@@H](c3ccc(F)cc3)C2)s1. The highest BCUT2D eigenvalue weighted by atomic mass is 32.1. The molecule has 1 aromatic carbocycles. The first-order valence-electron chi connectivity index (χ1n) is 11.6. The number of rotatable bonds is 5. The van der Waals surface area contributed by atoms with Crippen LogP contribution in [-0.4, -0.2) is 51.7 Å². The van der Waals surface area contributed by atoms with Crippen LogP contribution in [0.2, 0.25) is 0 Å². The lowest BCUT2D eigenvalue weighted by Crippen LogP contribution is -2.51. The summed E-state index contributed by atoms with van der Waals surface area (Å²) in [6, 6.07) is 6.74. The molecule has 0 spiro atoms. The van der Waals surface area contributed by atoms with Gasteiger partial charge in [-0.2, -0.15) is 13.2 Å². The van der Waals surface area contributed by atoms with Crippen molar-refractivity contribution in [2.45, 2.75) is 38.4 Å². The van der Waals surface area contributed by atoms with E-state index < -0.39 is 41.1 Å². The maximum absolute atomic E-state index is 13.6. The van der Waals surface area contributed by atoms with Crippen molar-refractivity contribution in [2.75, 3.05) is 18.4 Å². The van der Waals surface area contributed by atoms with E-state index in [2.05, 4.69) is 20.6 Å². The van der Waals surface area contributed by atoms with Gasteiger partial charge < -0.3 is 15.5 Å². The molecule has 0 bridgehead atoms. The minimum Gasteiger partial charge on any atom is -0.347 e. The molecule has 0 aliphatic carbocycles. The average molecular weight is 550 g/mol. The summed E-state index contributed by atoms with van der Waals surface area (Å²) in [4.78, 5) is 47.4. The van der Waals surface area contributed by atoms with Crippen LogP contribution in [0.15, 0.2) is 42.6 Å². The predicted molar refractivity (Wildman–Crippen MR) is 131 cm³/mol. The number of amides is 3. The third-order valence-corrected chi connectivity index (χ3v) is 7.18. The average Bonchev–Trinajstić information content (AvgIpc) is 3.22. The highest BCUT2D eigenvalue weighted by Gasteiger charge is 2.39. The molecule has 0 unspecified atom stereocenters. The molecular formula is C25H23F4N5O3S. The second-order valence-corrected chi connectivity index (χ2v) is 9.79. The minimum absolute atomic E-state index is 0.108. The lowest BCUT2D eigenvalue weighted by atomic mass is 9.85. The predicted octanol–water partition coefficient (Wildman–Crippen LogP) is 4.39. The van der Waals surface area contributed by atoms with Crippen molar-refractivity contribution < 1.29 is 31.9 Å². The van der Waals surface area contributed by atoms with E-state index >= 15 is 0 Å². The normalized spacial score (nSPS) is 17.7. The summed E-state index contributed by atoms with van der Waals surface area (Å²) < 4.78 is 54.0. The number of alkyl halides is 3. The van der Waals surface area contributed by atoms with Gasteiger partial charge in [-0.05, 0) is 43.2 Å². The van der Waals surface area contributed by atoms with Gasteiger partial charge in [-0.3, -0.25) is 19.4 Å². The van der Waals surface area contributed by atoms with E-state index in [0.717, 1.165) is 29.7 Å². The minimum atomic E-state index is -4.77. The molecule has 1 saturated heterocycles. The number of nitrogens with zero attached hydrogens (tertiary/aromatic N) is 3. The number of benzene rings is 1. The Labute approximate surface area is 219 Å².